The molecule has 0 bridgehead atoms. The van der Waals surface area contributed by atoms with Crippen LogP contribution in [-0.4, -0.2) is 90.9 Å². The number of hydrogen-bond acceptors (Lipinski definition) is 5. The Balaban J connectivity index is 1.76. The highest BCUT2D eigenvalue weighted by atomic mass is 16.6. The maximum absolute atomic E-state index is 12.0. The van der Waals surface area contributed by atoms with Gasteiger partial charge in [0.2, 0.25) is 0 Å². The van der Waals surface area contributed by atoms with Crippen molar-refractivity contribution in [1.29, 1.82) is 0 Å². The summed E-state index contributed by atoms with van der Waals surface area (Å²) in [7, 11) is 2.16. The number of amides is 1. The van der Waals surface area contributed by atoms with E-state index in [1.54, 1.807) is 0 Å². The summed E-state index contributed by atoms with van der Waals surface area (Å²) in [5.74, 6) is 0. The Bertz CT molecular complexity index is 327. The predicted molar refractivity (Wildman–Crippen MR) is 78.5 cm³/mol. The Kier molecular flexibility index (Phi) is 4.88. The molecule has 0 spiro atoms. The molecule has 0 saturated carbocycles. The first-order chi connectivity index (χ1) is 9.35. The molecule has 0 N–H and O–H groups in total. The van der Waals surface area contributed by atoms with Crippen molar-refractivity contribution in [3.05, 3.63) is 0 Å². The molecule has 0 aromatic rings. The number of hydrazine groups is 1. The van der Waals surface area contributed by atoms with E-state index < -0.39 is 5.60 Å². The average Bonchev–Trinajstić information content (AvgIpc) is 2.38. The van der Waals surface area contributed by atoms with Crippen molar-refractivity contribution in [2.45, 2.75) is 26.4 Å². The fraction of sp³-hybridized carbons (Fsp3) is 0.929. The predicted octanol–water partition coefficient (Wildman–Crippen LogP) is 0.702. The van der Waals surface area contributed by atoms with Crippen LogP contribution in [0.2, 0.25) is 0 Å². The number of carbonyl (C=O) groups is 1. The summed E-state index contributed by atoms with van der Waals surface area (Å²) in [6.45, 7) is 13.4. The van der Waals surface area contributed by atoms with Gasteiger partial charge in [0.1, 0.15) is 5.60 Å². The van der Waals surface area contributed by atoms with Crippen LogP contribution in [0.5, 0.6) is 0 Å². The third-order valence-electron chi connectivity index (χ3n) is 3.79. The fourth-order valence-corrected chi connectivity index (χ4v) is 2.57. The lowest BCUT2D eigenvalue weighted by Crippen LogP contribution is -2.59. The van der Waals surface area contributed by atoms with E-state index in [2.05, 4.69) is 22.0 Å². The zero-order chi connectivity index (χ0) is 14.8. The van der Waals surface area contributed by atoms with Crippen LogP contribution in [0, 0.1) is 0 Å². The molecule has 116 valence electrons. The summed E-state index contributed by atoms with van der Waals surface area (Å²) in [6, 6.07) is 0. The maximum Gasteiger partial charge on any atom is 0.410 e. The van der Waals surface area contributed by atoms with Crippen LogP contribution in [0.25, 0.3) is 0 Å². The molecule has 6 nitrogen and oxygen atoms in total. The number of likely N-dealkylation sites (N-methyl/N-ethyl adjacent to an activating group) is 1. The van der Waals surface area contributed by atoms with Gasteiger partial charge in [-0.05, 0) is 27.8 Å². The quantitative estimate of drug-likeness (QED) is 0.709. The molecule has 0 unspecified atom stereocenters. The standard InChI is InChI=1S/C14H28N4O2/c1-14(2,3)20-13(19)16-7-11-18(12-8-16)17-9-5-15(4)6-10-17/h5-12H2,1-4H3. The van der Waals surface area contributed by atoms with E-state index in [1.807, 2.05) is 25.7 Å². The lowest BCUT2D eigenvalue weighted by atomic mass is 10.2. The minimum absolute atomic E-state index is 0.185. The summed E-state index contributed by atoms with van der Waals surface area (Å²) < 4.78 is 5.42. The summed E-state index contributed by atoms with van der Waals surface area (Å²) in [6.07, 6.45) is -0.185. The average molecular weight is 284 g/mol. The highest BCUT2D eigenvalue weighted by molar-refractivity contribution is 5.68. The van der Waals surface area contributed by atoms with Gasteiger partial charge in [-0.2, -0.15) is 0 Å². The van der Waals surface area contributed by atoms with Crippen molar-refractivity contribution in [2.75, 3.05) is 59.4 Å². The van der Waals surface area contributed by atoms with E-state index >= 15 is 0 Å². The van der Waals surface area contributed by atoms with E-state index in [0.29, 0.717) is 0 Å². The summed E-state index contributed by atoms with van der Waals surface area (Å²) in [5, 5.41) is 4.81. The Labute approximate surface area is 122 Å². The topological polar surface area (TPSA) is 39.3 Å². The number of piperazine rings is 2. The number of ether oxygens (including phenoxy) is 1. The maximum atomic E-state index is 12.0. The number of nitrogens with zero attached hydrogens (tertiary/aromatic N) is 4. The molecular formula is C14H28N4O2. The van der Waals surface area contributed by atoms with E-state index in [9.17, 15) is 4.79 Å². The third-order valence-corrected chi connectivity index (χ3v) is 3.79. The van der Waals surface area contributed by atoms with Crippen LogP contribution >= 0.6 is 0 Å². The second-order valence-electron chi connectivity index (χ2n) is 6.68. The van der Waals surface area contributed by atoms with E-state index in [4.69, 9.17) is 4.74 Å². The molecule has 2 heterocycles. The Morgan fingerprint density at radius 2 is 1.30 bits per heavy atom. The molecule has 2 rings (SSSR count). The lowest BCUT2D eigenvalue weighted by Gasteiger charge is -2.44. The van der Waals surface area contributed by atoms with Crippen LogP contribution in [0.15, 0.2) is 0 Å². The SMILES string of the molecule is CN1CCN(N2CCN(C(=O)OC(C)(C)C)CC2)CC1. The largest absolute Gasteiger partial charge is 0.444 e. The van der Waals surface area contributed by atoms with Gasteiger partial charge >= 0.3 is 6.09 Å². The molecule has 0 aromatic heterocycles. The number of hydrogen-bond donors (Lipinski definition) is 0. The van der Waals surface area contributed by atoms with Crippen molar-refractivity contribution < 1.29 is 9.53 Å². The second kappa shape index (κ2) is 6.28. The first-order valence-corrected chi connectivity index (χ1v) is 7.51. The zero-order valence-electron chi connectivity index (χ0n) is 13.3. The normalized spacial score (nSPS) is 23.9. The molecule has 2 fully saturated rings. The third kappa shape index (κ3) is 4.33. The van der Waals surface area contributed by atoms with Gasteiger partial charge in [-0.15, -0.1) is 0 Å². The van der Waals surface area contributed by atoms with Crippen LogP contribution in [0.1, 0.15) is 20.8 Å². The molecule has 0 aliphatic carbocycles. The monoisotopic (exact) mass is 284 g/mol. The zero-order valence-corrected chi connectivity index (χ0v) is 13.3. The summed E-state index contributed by atoms with van der Waals surface area (Å²) >= 11 is 0. The van der Waals surface area contributed by atoms with Crippen LogP contribution in [-0.2, 0) is 4.74 Å². The van der Waals surface area contributed by atoms with E-state index in [1.165, 1.54) is 0 Å². The van der Waals surface area contributed by atoms with Gasteiger partial charge in [0.05, 0.1) is 0 Å². The van der Waals surface area contributed by atoms with Crippen LogP contribution < -0.4 is 0 Å². The van der Waals surface area contributed by atoms with Crippen LogP contribution in [0.4, 0.5) is 4.79 Å². The smallest absolute Gasteiger partial charge is 0.410 e. The molecular weight excluding hydrogens is 256 g/mol. The summed E-state index contributed by atoms with van der Waals surface area (Å²) in [5.41, 5.74) is -0.411. The van der Waals surface area contributed by atoms with Gasteiger partial charge < -0.3 is 14.5 Å². The van der Waals surface area contributed by atoms with Gasteiger partial charge in [-0.3, -0.25) is 0 Å². The second-order valence-corrected chi connectivity index (χ2v) is 6.68. The molecule has 2 aliphatic rings. The van der Waals surface area contributed by atoms with Gasteiger partial charge in [0.15, 0.2) is 0 Å². The van der Waals surface area contributed by atoms with E-state index in [-0.39, 0.29) is 6.09 Å². The van der Waals surface area contributed by atoms with Crippen molar-refractivity contribution in [3.8, 4) is 0 Å². The molecule has 0 aromatic carbocycles. The van der Waals surface area contributed by atoms with Gasteiger partial charge in [0, 0.05) is 52.4 Å². The van der Waals surface area contributed by atoms with Gasteiger partial charge in [0.25, 0.3) is 0 Å². The fourth-order valence-electron chi connectivity index (χ4n) is 2.57. The Morgan fingerprint density at radius 1 is 0.850 bits per heavy atom. The Hall–Kier alpha value is -0.850. The number of carbonyl (C=O) groups excluding carboxylic acids is 1. The van der Waals surface area contributed by atoms with Gasteiger partial charge in [-0.1, -0.05) is 0 Å². The van der Waals surface area contributed by atoms with Crippen molar-refractivity contribution >= 4 is 6.09 Å². The molecule has 2 aliphatic heterocycles. The van der Waals surface area contributed by atoms with E-state index in [0.717, 1.165) is 52.4 Å². The highest BCUT2D eigenvalue weighted by Crippen LogP contribution is 2.13. The Morgan fingerprint density at radius 3 is 1.75 bits per heavy atom. The lowest BCUT2D eigenvalue weighted by molar-refractivity contribution is -0.0796. The highest BCUT2D eigenvalue weighted by Gasteiger charge is 2.28. The first kappa shape index (κ1) is 15.5. The molecule has 2 saturated heterocycles. The summed E-state index contributed by atoms with van der Waals surface area (Å²) in [4.78, 5) is 16.2. The molecule has 0 radical (unpaired) electrons. The molecule has 0 atom stereocenters. The van der Waals surface area contributed by atoms with Crippen molar-refractivity contribution in [1.82, 2.24) is 19.8 Å². The van der Waals surface area contributed by atoms with Crippen LogP contribution in [0.3, 0.4) is 0 Å². The molecule has 20 heavy (non-hydrogen) atoms. The van der Waals surface area contributed by atoms with Crippen molar-refractivity contribution in [2.24, 2.45) is 0 Å². The van der Waals surface area contributed by atoms with Crippen molar-refractivity contribution in [3.63, 3.8) is 0 Å². The van der Waals surface area contributed by atoms with Gasteiger partial charge in [-0.25, -0.2) is 14.8 Å². The minimum atomic E-state index is -0.411. The molecule has 6 heteroatoms. The minimum Gasteiger partial charge on any atom is -0.444 e. The first-order valence-electron chi connectivity index (χ1n) is 7.51. The molecule has 1 amide bonds. The number of rotatable bonds is 1.